The number of hydrogen-bond acceptors (Lipinski definition) is 6. The van der Waals surface area contributed by atoms with Gasteiger partial charge in [0.2, 0.25) is 11.8 Å². The molecule has 1 saturated carbocycles. The molecule has 1 atom stereocenters. The van der Waals surface area contributed by atoms with Gasteiger partial charge in [0.15, 0.2) is 11.5 Å². The number of sulfonamides is 1. The van der Waals surface area contributed by atoms with Crippen LogP contribution in [-0.2, 0) is 32.6 Å². The van der Waals surface area contributed by atoms with Crippen molar-refractivity contribution in [3.8, 4) is 11.5 Å². The Bertz CT molecular complexity index is 1850. The number of methoxy groups -OCH3 is 2. The van der Waals surface area contributed by atoms with E-state index in [0.717, 1.165) is 35.6 Å². The average Bonchev–Trinajstić information content (AvgIpc) is 3.63. The fourth-order valence-electron chi connectivity index (χ4n) is 5.98. The summed E-state index contributed by atoms with van der Waals surface area (Å²) in [5.74, 6) is -0.260. The molecule has 0 bridgehead atoms. The van der Waals surface area contributed by atoms with Crippen LogP contribution in [-0.4, -0.2) is 58.0 Å². The lowest BCUT2D eigenvalue weighted by atomic mass is 10.0. The number of hydrogen-bond donors (Lipinski definition) is 1. The Labute approximate surface area is 297 Å². The molecule has 49 heavy (non-hydrogen) atoms. The minimum absolute atomic E-state index is 0.00954. The third-order valence-corrected chi connectivity index (χ3v) is 11.0. The number of halogens is 2. The highest BCUT2D eigenvalue weighted by Gasteiger charge is 2.36. The van der Waals surface area contributed by atoms with E-state index in [1.54, 1.807) is 48.5 Å². The molecule has 1 aliphatic rings. The highest BCUT2D eigenvalue weighted by Crippen LogP contribution is 2.34. The van der Waals surface area contributed by atoms with Crippen molar-refractivity contribution in [2.24, 2.45) is 0 Å². The molecule has 4 aromatic carbocycles. The van der Waals surface area contributed by atoms with Crippen molar-refractivity contribution in [1.29, 1.82) is 0 Å². The highest BCUT2D eigenvalue weighted by atomic mass is 35.5. The number of anilines is 1. The van der Waals surface area contributed by atoms with E-state index < -0.39 is 28.5 Å². The van der Waals surface area contributed by atoms with Crippen LogP contribution >= 0.6 is 23.2 Å². The van der Waals surface area contributed by atoms with Crippen molar-refractivity contribution >= 4 is 50.7 Å². The summed E-state index contributed by atoms with van der Waals surface area (Å²) in [6, 6.07) is 25.8. The van der Waals surface area contributed by atoms with Gasteiger partial charge < -0.3 is 19.7 Å². The van der Waals surface area contributed by atoms with Crippen LogP contribution in [0, 0.1) is 0 Å². The van der Waals surface area contributed by atoms with Crippen molar-refractivity contribution < 1.29 is 27.5 Å². The average molecular weight is 725 g/mol. The molecule has 0 heterocycles. The van der Waals surface area contributed by atoms with E-state index in [1.807, 2.05) is 30.3 Å². The van der Waals surface area contributed by atoms with E-state index in [4.69, 9.17) is 32.7 Å². The maximum atomic E-state index is 14.8. The maximum Gasteiger partial charge on any atom is 0.264 e. The molecule has 0 spiro atoms. The predicted molar refractivity (Wildman–Crippen MR) is 192 cm³/mol. The minimum atomic E-state index is -4.29. The summed E-state index contributed by atoms with van der Waals surface area (Å²) in [7, 11) is -1.37. The van der Waals surface area contributed by atoms with Gasteiger partial charge in [-0.05, 0) is 60.4 Å². The van der Waals surface area contributed by atoms with Crippen LogP contribution in [0.4, 0.5) is 5.69 Å². The van der Waals surface area contributed by atoms with Gasteiger partial charge in [-0.25, -0.2) is 8.42 Å². The molecule has 0 saturated heterocycles. The largest absolute Gasteiger partial charge is 0.493 e. The monoisotopic (exact) mass is 723 g/mol. The first-order chi connectivity index (χ1) is 23.6. The third-order valence-electron chi connectivity index (χ3n) is 8.59. The zero-order chi connectivity index (χ0) is 35.0. The van der Waals surface area contributed by atoms with E-state index in [9.17, 15) is 18.0 Å². The summed E-state index contributed by atoms with van der Waals surface area (Å²) in [5, 5.41) is 3.89. The second-order valence-corrected chi connectivity index (χ2v) is 14.5. The number of carbonyl (C=O) groups excluding carboxylic acids is 2. The molecule has 1 N–H and O–H groups in total. The normalized spacial score (nSPS) is 13.8. The summed E-state index contributed by atoms with van der Waals surface area (Å²) in [4.78, 5) is 30.3. The smallest absolute Gasteiger partial charge is 0.264 e. The second-order valence-electron chi connectivity index (χ2n) is 11.8. The summed E-state index contributed by atoms with van der Waals surface area (Å²) in [5.41, 5.74) is 1.56. The van der Waals surface area contributed by atoms with Crippen molar-refractivity contribution in [2.45, 2.75) is 55.6 Å². The van der Waals surface area contributed by atoms with Crippen molar-refractivity contribution in [2.75, 3.05) is 25.1 Å². The van der Waals surface area contributed by atoms with Crippen LogP contribution in [0.1, 0.15) is 36.8 Å². The summed E-state index contributed by atoms with van der Waals surface area (Å²) < 4.78 is 40.5. The fraction of sp³-hybridized carbons (Fsp3) is 0.297. The van der Waals surface area contributed by atoms with Crippen LogP contribution < -0.4 is 19.1 Å². The van der Waals surface area contributed by atoms with Crippen molar-refractivity contribution in [3.05, 3.63) is 118 Å². The van der Waals surface area contributed by atoms with Gasteiger partial charge in [-0.15, -0.1) is 0 Å². The molecule has 12 heteroatoms. The highest BCUT2D eigenvalue weighted by molar-refractivity contribution is 7.92. The van der Waals surface area contributed by atoms with Gasteiger partial charge in [0.1, 0.15) is 12.6 Å². The standard InChI is InChI=1S/C37H39Cl2N3O6S/c1-47-34-20-19-30(23-35(34)48-2)42(49(45,46)31-15-7-4-8-16-31)25-36(43)41(24-27-17-18-28(38)22-32(27)39)33(21-26-11-5-3-6-12-26)37(44)40-29-13-9-10-14-29/h3-8,11-12,15-20,22-23,29,33H,9-10,13-14,21,24-25H2,1-2H3,(H,40,44)/t33-/m1/s1. The van der Waals surface area contributed by atoms with E-state index in [0.29, 0.717) is 21.4 Å². The first-order valence-electron chi connectivity index (χ1n) is 16.0. The van der Waals surface area contributed by atoms with Gasteiger partial charge in [0, 0.05) is 35.1 Å². The van der Waals surface area contributed by atoms with Crippen LogP contribution in [0.3, 0.4) is 0 Å². The molecule has 0 unspecified atom stereocenters. The Balaban J connectivity index is 1.60. The lowest BCUT2D eigenvalue weighted by Gasteiger charge is -2.34. The molecule has 1 fully saturated rings. The number of ether oxygens (including phenoxy) is 2. The number of rotatable bonds is 14. The predicted octanol–water partition coefficient (Wildman–Crippen LogP) is 6.90. The van der Waals surface area contributed by atoms with Gasteiger partial charge >= 0.3 is 0 Å². The second kappa shape index (κ2) is 16.4. The van der Waals surface area contributed by atoms with Crippen LogP contribution in [0.25, 0.3) is 0 Å². The maximum absolute atomic E-state index is 14.8. The molecule has 5 rings (SSSR count). The van der Waals surface area contributed by atoms with Crippen molar-refractivity contribution in [1.82, 2.24) is 10.2 Å². The number of amides is 2. The first kappa shape index (κ1) is 36.0. The van der Waals surface area contributed by atoms with Gasteiger partial charge in [0.25, 0.3) is 10.0 Å². The summed E-state index contributed by atoms with van der Waals surface area (Å²) in [6.07, 6.45) is 3.91. The SMILES string of the molecule is COc1ccc(N(CC(=O)N(Cc2ccc(Cl)cc2Cl)[C@H](Cc2ccccc2)C(=O)NC2CCCC2)S(=O)(=O)c2ccccc2)cc1OC. The number of nitrogens with zero attached hydrogens (tertiary/aromatic N) is 2. The molecule has 1 aliphatic carbocycles. The fourth-order valence-corrected chi connectivity index (χ4v) is 7.88. The van der Waals surface area contributed by atoms with Gasteiger partial charge in [-0.3, -0.25) is 13.9 Å². The molecular formula is C37H39Cl2N3O6S. The molecule has 4 aromatic rings. The first-order valence-corrected chi connectivity index (χ1v) is 18.2. The molecule has 258 valence electrons. The topological polar surface area (TPSA) is 105 Å². The van der Waals surface area contributed by atoms with E-state index in [-0.39, 0.29) is 41.2 Å². The van der Waals surface area contributed by atoms with Gasteiger partial charge in [-0.2, -0.15) is 0 Å². The van der Waals surface area contributed by atoms with Crippen LogP contribution in [0.15, 0.2) is 102 Å². The molecule has 0 aliphatic heterocycles. The van der Waals surface area contributed by atoms with E-state index in [1.165, 1.54) is 37.3 Å². The van der Waals surface area contributed by atoms with Gasteiger partial charge in [0.05, 0.1) is 24.8 Å². The zero-order valence-electron chi connectivity index (χ0n) is 27.4. The van der Waals surface area contributed by atoms with Crippen LogP contribution in [0.2, 0.25) is 10.0 Å². The Kier molecular flexibility index (Phi) is 12.1. The third kappa shape index (κ3) is 8.86. The lowest BCUT2D eigenvalue weighted by Crippen LogP contribution is -2.54. The Morgan fingerprint density at radius 3 is 2.14 bits per heavy atom. The Hall–Kier alpha value is -4.25. The molecule has 0 radical (unpaired) electrons. The summed E-state index contributed by atoms with van der Waals surface area (Å²) >= 11 is 12.8. The van der Waals surface area contributed by atoms with E-state index in [2.05, 4.69) is 5.32 Å². The number of nitrogens with one attached hydrogen (secondary N) is 1. The van der Waals surface area contributed by atoms with Crippen LogP contribution in [0.5, 0.6) is 11.5 Å². The number of benzene rings is 4. The Morgan fingerprint density at radius 2 is 1.51 bits per heavy atom. The molecule has 9 nitrogen and oxygen atoms in total. The number of carbonyl (C=O) groups is 2. The minimum Gasteiger partial charge on any atom is -0.493 e. The molecule has 2 amide bonds. The molecular weight excluding hydrogens is 685 g/mol. The van der Waals surface area contributed by atoms with Crippen molar-refractivity contribution in [3.63, 3.8) is 0 Å². The zero-order valence-corrected chi connectivity index (χ0v) is 29.7. The Morgan fingerprint density at radius 1 is 0.857 bits per heavy atom. The lowest BCUT2D eigenvalue weighted by molar-refractivity contribution is -0.140. The molecule has 0 aromatic heterocycles. The van der Waals surface area contributed by atoms with Gasteiger partial charge in [-0.1, -0.05) is 90.6 Å². The summed E-state index contributed by atoms with van der Waals surface area (Å²) in [6.45, 7) is -0.699. The quantitative estimate of drug-likeness (QED) is 0.152. The van der Waals surface area contributed by atoms with E-state index >= 15 is 0 Å².